The van der Waals surface area contributed by atoms with Gasteiger partial charge in [-0.25, -0.2) is 4.52 Å². The Balaban J connectivity index is 1.30. The van der Waals surface area contributed by atoms with E-state index in [-0.39, 0.29) is 11.5 Å². The Morgan fingerprint density at radius 1 is 1.09 bits per heavy atom. The van der Waals surface area contributed by atoms with Gasteiger partial charge in [-0.3, -0.25) is 9.89 Å². The van der Waals surface area contributed by atoms with Gasteiger partial charge in [0.1, 0.15) is 5.52 Å². The average molecular weight is 470 g/mol. The van der Waals surface area contributed by atoms with Crippen LogP contribution in [-0.4, -0.2) is 61.8 Å². The van der Waals surface area contributed by atoms with E-state index < -0.39 is 11.7 Å². The van der Waals surface area contributed by atoms with Crippen LogP contribution in [0.4, 0.5) is 30.8 Å². The fraction of sp³-hybridized carbons (Fsp3) is 0.273. The fourth-order valence-electron chi connectivity index (χ4n) is 3.85. The zero-order chi connectivity index (χ0) is 23.9. The molecule has 5 rings (SSSR count). The lowest BCUT2D eigenvalue weighted by Crippen LogP contribution is -2.49. The number of hydrogen-bond acceptors (Lipinski definition) is 6. The highest BCUT2D eigenvalue weighted by molar-refractivity contribution is 5.94. The number of piperazine rings is 1. The zero-order valence-electron chi connectivity index (χ0n) is 18.2. The molecule has 0 bridgehead atoms. The van der Waals surface area contributed by atoms with Crippen molar-refractivity contribution in [2.24, 2.45) is 0 Å². The van der Waals surface area contributed by atoms with Crippen molar-refractivity contribution >= 4 is 29.0 Å². The van der Waals surface area contributed by atoms with Gasteiger partial charge in [-0.1, -0.05) is 0 Å². The second-order valence-corrected chi connectivity index (χ2v) is 8.01. The summed E-state index contributed by atoms with van der Waals surface area (Å²) in [4.78, 5) is 21.0. The summed E-state index contributed by atoms with van der Waals surface area (Å²) >= 11 is 0. The van der Waals surface area contributed by atoms with E-state index in [4.69, 9.17) is 0 Å². The lowest BCUT2D eigenvalue weighted by molar-refractivity contribution is -0.137. The van der Waals surface area contributed by atoms with Crippen molar-refractivity contribution < 1.29 is 18.0 Å². The number of carbonyl (C=O) groups excluding carboxylic acids is 1. The quantitative estimate of drug-likeness (QED) is 0.474. The zero-order valence-corrected chi connectivity index (χ0v) is 18.2. The van der Waals surface area contributed by atoms with E-state index in [1.54, 1.807) is 9.42 Å². The molecule has 0 saturated carbocycles. The van der Waals surface area contributed by atoms with Crippen LogP contribution in [-0.2, 0) is 6.18 Å². The van der Waals surface area contributed by atoms with Crippen molar-refractivity contribution in [2.75, 3.05) is 36.4 Å². The molecule has 1 aliphatic rings. The van der Waals surface area contributed by atoms with Gasteiger partial charge in [0.2, 0.25) is 5.95 Å². The molecule has 4 heterocycles. The standard InChI is InChI=1S/C22H21F3N8O/c1-14-13-18(29-28-14)26-19-17-3-2-8-33(17)30-21(27-19)32-11-9-31(10-12-32)20(34)15-4-6-16(7-5-15)22(23,24)25/h2-8,13H,9-12H2,1H3,(H2,26,27,28,29,30). The van der Waals surface area contributed by atoms with Gasteiger partial charge in [0.15, 0.2) is 11.6 Å². The Hall–Kier alpha value is -4.09. The Kier molecular flexibility index (Phi) is 5.34. The summed E-state index contributed by atoms with van der Waals surface area (Å²) in [5.74, 6) is 1.44. The Morgan fingerprint density at radius 2 is 1.82 bits per heavy atom. The lowest BCUT2D eigenvalue weighted by Gasteiger charge is -2.34. The summed E-state index contributed by atoms with van der Waals surface area (Å²) in [6.45, 7) is 3.67. The monoisotopic (exact) mass is 470 g/mol. The maximum absolute atomic E-state index is 12.8. The van der Waals surface area contributed by atoms with Crippen molar-refractivity contribution in [2.45, 2.75) is 13.1 Å². The van der Waals surface area contributed by atoms with Crippen LogP contribution in [0.3, 0.4) is 0 Å². The van der Waals surface area contributed by atoms with Crippen LogP contribution >= 0.6 is 0 Å². The van der Waals surface area contributed by atoms with E-state index in [1.165, 1.54) is 12.1 Å². The highest BCUT2D eigenvalue weighted by Crippen LogP contribution is 2.29. The molecular weight excluding hydrogens is 449 g/mol. The van der Waals surface area contributed by atoms with E-state index in [9.17, 15) is 18.0 Å². The van der Waals surface area contributed by atoms with Crippen LogP contribution in [0.15, 0.2) is 48.7 Å². The maximum atomic E-state index is 12.8. The summed E-state index contributed by atoms with van der Waals surface area (Å²) < 4.78 is 40.1. The Bertz CT molecular complexity index is 1320. The molecule has 2 N–H and O–H groups in total. The van der Waals surface area contributed by atoms with Gasteiger partial charge in [-0.15, -0.1) is 5.10 Å². The van der Waals surface area contributed by atoms with Gasteiger partial charge in [0, 0.05) is 49.7 Å². The van der Waals surface area contributed by atoms with Crippen LogP contribution in [0.25, 0.3) is 5.52 Å². The number of amides is 1. The number of H-pyrrole nitrogens is 1. The van der Waals surface area contributed by atoms with Crippen molar-refractivity contribution in [3.63, 3.8) is 0 Å². The number of rotatable bonds is 4. The van der Waals surface area contributed by atoms with E-state index in [2.05, 4.69) is 25.6 Å². The third-order valence-electron chi connectivity index (χ3n) is 5.64. The van der Waals surface area contributed by atoms with E-state index in [0.717, 1.165) is 23.3 Å². The molecule has 0 unspecified atom stereocenters. The molecule has 0 atom stereocenters. The van der Waals surface area contributed by atoms with Crippen molar-refractivity contribution in [1.29, 1.82) is 0 Å². The Morgan fingerprint density at radius 3 is 2.47 bits per heavy atom. The molecule has 12 heteroatoms. The van der Waals surface area contributed by atoms with Crippen LogP contribution in [0.2, 0.25) is 0 Å². The molecule has 0 radical (unpaired) electrons. The molecule has 1 aromatic carbocycles. The summed E-state index contributed by atoms with van der Waals surface area (Å²) in [5, 5.41) is 14.9. The normalized spacial score (nSPS) is 14.6. The first-order valence-electron chi connectivity index (χ1n) is 10.6. The van der Waals surface area contributed by atoms with Crippen molar-refractivity contribution in [3.05, 3.63) is 65.5 Å². The molecule has 176 valence electrons. The molecule has 1 fully saturated rings. The van der Waals surface area contributed by atoms with Crippen molar-refractivity contribution in [3.8, 4) is 0 Å². The molecule has 9 nitrogen and oxygen atoms in total. The predicted molar refractivity (Wildman–Crippen MR) is 119 cm³/mol. The fourth-order valence-corrected chi connectivity index (χ4v) is 3.85. The summed E-state index contributed by atoms with van der Waals surface area (Å²) in [5.41, 5.74) is 1.16. The first-order valence-corrected chi connectivity index (χ1v) is 10.6. The van der Waals surface area contributed by atoms with E-state index in [0.29, 0.717) is 43.8 Å². The minimum atomic E-state index is -4.43. The summed E-state index contributed by atoms with van der Waals surface area (Å²) in [7, 11) is 0. The van der Waals surface area contributed by atoms with Gasteiger partial charge in [0.25, 0.3) is 5.91 Å². The number of aryl methyl sites for hydroxylation is 1. The number of nitrogens with one attached hydrogen (secondary N) is 2. The number of hydrogen-bond donors (Lipinski definition) is 2. The number of alkyl halides is 3. The first kappa shape index (κ1) is 21.7. The molecule has 1 amide bonds. The minimum absolute atomic E-state index is 0.229. The maximum Gasteiger partial charge on any atom is 0.416 e. The van der Waals surface area contributed by atoms with E-state index >= 15 is 0 Å². The number of anilines is 3. The van der Waals surface area contributed by atoms with Crippen LogP contribution < -0.4 is 10.2 Å². The van der Waals surface area contributed by atoms with Crippen LogP contribution in [0.5, 0.6) is 0 Å². The highest BCUT2D eigenvalue weighted by Gasteiger charge is 2.31. The number of nitrogens with zero attached hydrogens (tertiary/aromatic N) is 6. The first-order chi connectivity index (χ1) is 16.3. The smallest absolute Gasteiger partial charge is 0.336 e. The number of aromatic amines is 1. The SMILES string of the molecule is Cc1cc(Nc2nc(N3CCN(C(=O)c4ccc(C(F)(F)F)cc4)CC3)nn3cccc23)n[nH]1. The van der Waals surface area contributed by atoms with Crippen molar-refractivity contribution in [1.82, 2.24) is 29.7 Å². The van der Waals surface area contributed by atoms with Crippen LogP contribution in [0, 0.1) is 6.92 Å². The topological polar surface area (TPSA) is 94.5 Å². The second-order valence-electron chi connectivity index (χ2n) is 8.01. The third kappa shape index (κ3) is 4.26. The molecule has 3 aromatic heterocycles. The number of fused-ring (bicyclic) bond motifs is 1. The highest BCUT2D eigenvalue weighted by atomic mass is 19.4. The summed E-state index contributed by atoms with van der Waals surface area (Å²) in [6, 6.07) is 9.93. The Labute approximate surface area is 192 Å². The molecule has 0 spiro atoms. The predicted octanol–water partition coefficient (Wildman–Crippen LogP) is 3.49. The number of halogens is 3. The number of benzene rings is 1. The molecular formula is C22H21F3N8O. The molecule has 4 aromatic rings. The van der Waals surface area contributed by atoms with Gasteiger partial charge in [0.05, 0.1) is 5.56 Å². The molecule has 1 saturated heterocycles. The lowest BCUT2D eigenvalue weighted by atomic mass is 10.1. The van der Waals surface area contributed by atoms with Crippen LogP contribution in [0.1, 0.15) is 21.6 Å². The second kappa shape index (κ2) is 8.36. The van der Waals surface area contributed by atoms with Gasteiger partial charge in [-0.2, -0.15) is 23.3 Å². The molecule has 1 aliphatic heterocycles. The molecule has 0 aliphatic carbocycles. The van der Waals surface area contributed by atoms with E-state index in [1.807, 2.05) is 36.2 Å². The third-order valence-corrected chi connectivity index (χ3v) is 5.64. The van der Waals surface area contributed by atoms with Gasteiger partial charge >= 0.3 is 6.18 Å². The average Bonchev–Trinajstić information content (AvgIpc) is 3.47. The summed E-state index contributed by atoms with van der Waals surface area (Å²) in [6.07, 6.45) is -2.61. The largest absolute Gasteiger partial charge is 0.416 e. The number of carbonyl (C=O) groups is 1. The number of aromatic nitrogens is 5. The minimum Gasteiger partial charge on any atom is -0.336 e. The van der Waals surface area contributed by atoms with Gasteiger partial charge < -0.3 is 15.1 Å². The molecule has 34 heavy (non-hydrogen) atoms. The van der Waals surface area contributed by atoms with Gasteiger partial charge in [-0.05, 0) is 43.3 Å².